The van der Waals surface area contributed by atoms with E-state index in [-0.39, 0.29) is 31.9 Å². The van der Waals surface area contributed by atoms with E-state index in [0.29, 0.717) is 13.2 Å². The van der Waals surface area contributed by atoms with Gasteiger partial charge in [0, 0.05) is 39.0 Å². The van der Waals surface area contributed by atoms with Crippen LogP contribution in [0.5, 0.6) is 0 Å². The van der Waals surface area contributed by atoms with E-state index in [2.05, 4.69) is 12.2 Å². The highest BCUT2D eigenvalue weighted by molar-refractivity contribution is 5.97. The van der Waals surface area contributed by atoms with Crippen LogP contribution in [0.15, 0.2) is 11.8 Å². The molecule has 0 aromatic rings. The van der Waals surface area contributed by atoms with Crippen LogP contribution in [0.3, 0.4) is 0 Å². The number of unbranched alkanes of at least 4 members (excludes halogenated alkanes) is 1. The number of amides is 1. The van der Waals surface area contributed by atoms with Crippen molar-refractivity contribution in [2.45, 2.75) is 26.2 Å². The van der Waals surface area contributed by atoms with Crippen LogP contribution in [0.2, 0.25) is 0 Å². The summed E-state index contributed by atoms with van der Waals surface area (Å²) in [5.41, 5.74) is -0.0474. The molecule has 0 radical (unpaired) electrons. The van der Waals surface area contributed by atoms with Gasteiger partial charge in [0.05, 0.1) is 13.2 Å². The third-order valence-electron chi connectivity index (χ3n) is 2.88. The molecule has 22 heavy (non-hydrogen) atoms. The molecule has 0 unspecified atom stereocenters. The molecule has 3 N–H and O–H groups in total. The first-order valence-electron chi connectivity index (χ1n) is 7.63. The summed E-state index contributed by atoms with van der Waals surface area (Å²) < 4.78 is 5.40. The van der Waals surface area contributed by atoms with Gasteiger partial charge in [-0.05, 0) is 12.8 Å². The number of aliphatic hydroxyl groups excluding tert-OH is 2. The van der Waals surface area contributed by atoms with E-state index >= 15 is 0 Å². The van der Waals surface area contributed by atoms with E-state index < -0.39 is 5.91 Å². The first-order valence-corrected chi connectivity index (χ1v) is 7.63. The molecule has 0 aliphatic carbocycles. The van der Waals surface area contributed by atoms with Crippen LogP contribution in [0.4, 0.5) is 0 Å². The van der Waals surface area contributed by atoms with Crippen LogP contribution < -0.4 is 5.32 Å². The van der Waals surface area contributed by atoms with Gasteiger partial charge in [-0.2, -0.15) is 5.26 Å². The van der Waals surface area contributed by atoms with E-state index in [9.17, 15) is 4.79 Å². The van der Waals surface area contributed by atoms with E-state index in [4.69, 9.17) is 20.2 Å². The Morgan fingerprint density at radius 2 is 1.91 bits per heavy atom. The number of hydrogen-bond donors (Lipinski definition) is 3. The predicted molar refractivity (Wildman–Crippen MR) is 82.8 cm³/mol. The maximum Gasteiger partial charge on any atom is 0.266 e. The van der Waals surface area contributed by atoms with Gasteiger partial charge in [0.2, 0.25) is 0 Å². The van der Waals surface area contributed by atoms with Crippen LogP contribution in [-0.4, -0.2) is 67.1 Å². The van der Waals surface area contributed by atoms with Gasteiger partial charge in [0.1, 0.15) is 11.6 Å². The Kier molecular flexibility index (Phi) is 13.3. The topological polar surface area (TPSA) is 106 Å². The summed E-state index contributed by atoms with van der Waals surface area (Å²) >= 11 is 0. The average Bonchev–Trinajstić information content (AvgIpc) is 2.53. The monoisotopic (exact) mass is 313 g/mol. The molecule has 0 saturated carbocycles. The molecule has 7 nitrogen and oxygen atoms in total. The second kappa shape index (κ2) is 14.3. The number of rotatable bonds is 13. The molecule has 126 valence electrons. The number of hydrogen-bond acceptors (Lipinski definition) is 6. The Hall–Kier alpha value is -1.62. The minimum Gasteiger partial charge on any atom is -0.395 e. The van der Waals surface area contributed by atoms with Crippen molar-refractivity contribution in [1.29, 1.82) is 5.26 Å². The predicted octanol–water partition coefficient (Wildman–Crippen LogP) is 0.00348. The van der Waals surface area contributed by atoms with Gasteiger partial charge in [0.25, 0.3) is 5.91 Å². The van der Waals surface area contributed by atoms with Crippen LogP contribution in [0.25, 0.3) is 0 Å². The summed E-state index contributed by atoms with van der Waals surface area (Å²) in [6.07, 6.45) is 4.30. The van der Waals surface area contributed by atoms with Gasteiger partial charge in [-0.25, -0.2) is 0 Å². The lowest BCUT2D eigenvalue weighted by Crippen LogP contribution is -2.37. The van der Waals surface area contributed by atoms with Gasteiger partial charge in [0.15, 0.2) is 0 Å². The molecule has 0 rings (SSSR count). The van der Waals surface area contributed by atoms with Crippen LogP contribution in [-0.2, 0) is 9.53 Å². The Balaban J connectivity index is 4.15. The van der Waals surface area contributed by atoms with Crippen molar-refractivity contribution in [2.24, 2.45) is 0 Å². The highest BCUT2D eigenvalue weighted by Crippen LogP contribution is 2.00. The number of nitrogens with zero attached hydrogens (tertiary/aromatic N) is 2. The van der Waals surface area contributed by atoms with Crippen LogP contribution in [0.1, 0.15) is 26.2 Å². The summed E-state index contributed by atoms with van der Waals surface area (Å²) in [4.78, 5) is 13.3. The molecule has 0 heterocycles. The lowest BCUT2D eigenvalue weighted by molar-refractivity contribution is -0.127. The standard InChI is InChI=1S/C15H27N3O4/c1-2-3-10-22-11-4-5-17-13-14(12-16)15(21)18(6-8-19)7-9-20/h13,17,19-20H,2-11H2,1H3/b14-13-. The van der Waals surface area contributed by atoms with E-state index in [0.717, 1.165) is 25.9 Å². The molecule has 0 aliphatic rings. The Labute approximate surface area is 132 Å². The van der Waals surface area contributed by atoms with Gasteiger partial charge >= 0.3 is 0 Å². The summed E-state index contributed by atoms with van der Waals surface area (Å²) in [6, 6.07) is 1.83. The zero-order valence-electron chi connectivity index (χ0n) is 13.3. The minimum absolute atomic E-state index is 0.0474. The number of nitrogens with one attached hydrogen (secondary N) is 1. The zero-order valence-corrected chi connectivity index (χ0v) is 13.3. The molecular weight excluding hydrogens is 286 g/mol. The van der Waals surface area contributed by atoms with Gasteiger partial charge in [-0.1, -0.05) is 13.3 Å². The fourth-order valence-corrected chi connectivity index (χ4v) is 1.67. The average molecular weight is 313 g/mol. The molecule has 0 aliphatic heterocycles. The molecule has 0 aromatic heterocycles. The first kappa shape index (κ1) is 20.4. The largest absolute Gasteiger partial charge is 0.395 e. The fourth-order valence-electron chi connectivity index (χ4n) is 1.67. The molecule has 1 amide bonds. The summed E-state index contributed by atoms with van der Waals surface area (Å²) in [7, 11) is 0. The van der Waals surface area contributed by atoms with Crippen LogP contribution >= 0.6 is 0 Å². The van der Waals surface area contributed by atoms with Crippen molar-refractivity contribution >= 4 is 5.91 Å². The third kappa shape index (κ3) is 9.34. The number of carbonyl (C=O) groups is 1. The molecular formula is C15H27N3O4. The second-order valence-electron chi connectivity index (χ2n) is 4.68. The minimum atomic E-state index is -0.503. The normalized spacial score (nSPS) is 11.1. The van der Waals surface area contributed by atoms with Crippen molar-refractivity contribution < 1.29 is 19.7 Å². The zero-order chi connectivity index (χ0) is 16.6. The van der Waals surface area contributed by atoms with Crippen molar-refractivity contribution in [1.82, 2.24) is 10.2 Å². The van der Waals surface area contributed by atoms with E-state index in [1.807, 2.05) is 6.07 Å². The quantitative estimate of drug-likeness (QED) is 0.251. The summed E-state index contributed by atoms with van der Waals surface area (Å²) in [5, 5.41) is 29.7. The molecule has 0 spiro atoms. The number of ether oxygens (including phenoxy) is 1. The lowest BCUT2D eigenvalue weighted by atomic mass is 10.2. The maximum atomic E-state index is 12.0. The van der Waals surface area contributed by atoms with Crippen LogP contribution in [0, 0.1) is 11.3 Å². The van der Waals surface area contributed by atoms with Gasteiger partial charge < -0.3 is 25.2 Å². The summed E-state index contributed by atoms with van der Waals surface area (Å²) in [5.74, 6) is -0.503. The number of aliphatic hydroxyl groups is 2. The van der Waals surface area contributed by atoms with Crippen molar-refractivity contribution in [3.8, 4) is 6.07 Å². The summed E-state index contributed by atoms with van der Waals surface area (Å²) in [6.45, 7) is 3.84. The van der Waals surface area contributed by atoms with E-state index in [1.165, 1.54) is 11.1 Å². The van der Waals surface area contributed by atoms with Gasteiger partial charge in [-0.15, -0.1) is 0 Å². The van der Waals surface area contributed by atoms with Crippen molar-refractivity contribution in [3.05, 3.63) is 11.8 Å². The smallest absolute Gasteiger partial charge is 0.266 e. The molecule has 0 bridgehead atoms. The molecule has 7 heteroatoms. The maximum absolute atomic E-state index is 12.0. The molecule has 0 aromatic carbocycles. The lowest BCUT2D eigenvalue weighted by Gasteiger charge is -2.20. The molecule has 0 saturated heterocycles. The van der Waals surface area contributed by atoms with Crippen molar-refractivity contribution in [2.75, 3.05) is 46.1 Å². The second-order valence-corrected chi connectivity index (χ2v) is 4.68. The Morgan fingerprint density at radius 1 is 1.27 bits per heavy atom. The number of carbonyl (C=O) groups excluding carboxylic acids is 1. The highest BCUT2D eigenvalue weighted by atomic mass is 16.5. The Morgan fingerprint density at radius 3 is 2.45 bits per heavy atom. The first-order chi connectivity index (χ1) is 10.7. The van der Waals surface area contributed by atoms with E-state index in [1.54, 1.807) is 0 Å². The SMILES string of the molecule is CCCCOCCCN/C=C(/C#N)C(=O)N(CCO)CCO. The number of nitriles is 1. The van der Waals surface area contributed by atoms with Crippen molar-refractivity contribution in [3.63, 3.8) is 0 Å². The third-order valence-corrected chi connectivity index (χ3v) is 2.88. The highest BCUT2D eigenvalue weighted by Gasteiger charge is 2.17. The van der Waals surface area contributed by atoms with Gasteiger partial charge in [-0.3, -0.25) is 4.79 Å². The molecule has 0 fully saturated rings. The Bertz CT molecular complexity index is 360. The molecule has 0 atom stereocenters. The fraction of sp³-hybridized carbons (Fsp3) is 0.733.